The second-order valence-corrected chi connectivity index (χ2v) is 7.84. The highest BCUT2D eigenvalue weighted by Crippen LogP contribution is 2.19. The van der Waals surface area contributed by atoms with Crippen molar-refractivity contribution in [2.75, 3.05) is 11.3 Å². The second kappa shape index (κ2) is 9.98. The summed E-state index contributed by atoms with van der Waals surface area (Å²) in [5.74, 6) is -4.34. The second-order valence-electron chi connectivity index (χ2n) is 6.16. The van der Waals surface area contributed by atoms with Crippen molar-refractivity contribution in [3.8, 4) is 0 Å². The maximum absolute atomic E-state index is 13.3. The van der Waals surface area contributed by atoms with Gasteiger partial charge in [-0.1, -0.05) is 6.07 Å². The molecule has 0 aliphatic heterocycles. The van der Waals surface area contributed by atoms with Gasteiger partial charge < -0.3 is 10.1 Å². The first-order chi connectivity index (χ1) is 14.5. The predicted molar refractivity (Wildman–Crippen MR) is 106 cm³/mol. The van der Waals surface area contributed by atoms with E-state index in [1.807, 2.05) is 5.32 Å². The smallest absolute Gasteiger partial charge is 0.338 e. The fraction of sp³-hybridized carbons (Fsp3) is 0.211. The normalized spacial score (nSPS) is 11.9. The lowest BCUT2D eigenvalue weighted by atomic mass is 10.2. The molecule has 2 aromatic carbocycles. The molecule has 0 heterocycles. The number of halogens is 2. The number of amides is 3. The van der Waals surface area contributed by atoms with Crippen LogP contribution in [-0.2, 0) is 19.6 Å². The van der Waals surface area contributed by atoms with Crippen LogP contribution >= 0.6 is 0 Å². The zero-order valence-electron chi connectivity index (χ0n) is 16.4. The number of esters is 1. The van der Waals surface area contributed by atoms with E-state index in [4.69, 9.17) is 4.74 Å². The molecule has 0 aromatic heterocycles. The average Bonchev–Trinajstić information content (AvgIpc) is 2.69. The third-order valence-electron chi connectivity index (χ3n) is 3.78. The molecule has 0 aliphatic carbocycles. The summed E-state index contributed by atoms with van der Waals surface area (Å²) in [7, 11) is -4.27. The molecule has 0 aliphatic rings. The largest absolute Gasteiger partial charge is 0.449 e. The zero-order chi connectivity index (χ0) is 23.2. The lowest BCUT2D eigenvalue weighted by Gasteiger charge is -2.14. The summed E-state index contributed by atoms with van der Waals surface area (Å²) in [5.41, 5.74) is -0.151. The van der Waals surface area contributed by atoms with Gasteiger partial charge in [0.25, 0.3) is 15.9 Å². The molecule has 0 fully saturated rings. The molecular formula is C19H19F2N3O6S. The van der Waals surface area contributed by atoms with Crippen LogP contribution in [0.15, 0.2) is 47.4 Å². The van der Waals surface area contributed by atoms with Gasteiger partial charge in [-0.25, -0.2) is 26.8 Å². The van der Waals surface area contributed by atoms with Crippen molar-refractivity contribution in [3.05, 3.63) is 59.7 Å². The van der Waals surface area contributed by atoms with Gasteiger partial charge in [-0.15, -0.1) is 0 Å². The first-order valence-corrected chi connectivity index (χ1v) is 10.4. The van der Waals surface area contributed by atoms with E-state index in [1.165, 1.54) is 25.1 Å². The van der Waals surface area contributed by atoms with Crippen LogP contribution < -0.4 is 15.4 Å². The molecule has 9 nitrogen and oxygen atoms in total. The van der Waals surface area contributed by atoms with Gasteiger partial charge in [0.15, 0.2) is 17.7 Å². The molecule has 0 spiro atoms. The Morgan fingerprint density at radius 3 is 2.42 bits per heavy atom. The van der Waals surface area contributed by atoms with E-state index in [9.17, 15) is 31.6 Å². The molecule has 166 valence electrons. The molecule has 3 N–H and O–H groups in total. The Balaban J connectivity index is 2.10. The minimum absolute atomic E-state index is 0.0568. The predicted octanol–water partition coefficient (Wildman–Crippen LogP) is 2.16. The minimum Gasteiger partial charge on any atom is -0.449 e. The van der Waals surface area contributed by atoms with Crippen LogP contribution in [-0.4, -0.2) is 39.0 Å². The Morgan fingerprint density at radius 1 is 1.06 bits per heavy atom. The van der Waals surface area contributed by atoms with E-state index >= 15 is 0 Å². The van der Waals surface area contributed by atoms with Gasteiger partial charge in [0, 0.05) is 12.2 Å². The Hall–Kier alpha value is -3.54. The van der Waals surface area contributed by atoms with Crippen LogP contribution in [0, 0.1) is 11.6 Å². The third-order valence-corrected chi connectivity index (χ3v) is 5.16. The Labute approximate surface area is 176 Å². The Bertz CT molecular complexity index is 1110. The first kappa shape index (κ1) is 23.7. The van der Waals surface area contributed by atoms with Crippen molar-refractivity contribution in [3.63, 3.8) is 0 Å². The number of urea groups is 1. The van der Waals surface area contributed by atoms with Crippen LogP contribution in [0.4, 0.5) is 19.3 Å². The number of imide groups is 1. The molecule has 2 aromatic rings. The summed E-state index contributed by atoms with van der Waals surface area (Å²) in [6.07, 6.45) is -1.31. The lowest BCUT2D eigenvalue weighted by Crippen LogP contribution is -2.44. The quantitative estimate of drug-likeness (QED) is 0.549. The van der Waals surface area contributed by atoms with E-state index in [0.29, 0.717) is 18.7 Å². The van der Waals surface area contributed by atoms with Crippen molar-refractivity contribution in [2.24, 2.45) is 0 Å². The van der Waals surface area contributed by atoms with Crippen LogP contribution in [0.3, 0.4) is 0 Å². The molecular weight excluding hydrogens is 436 g/mol. The zero-order valence-corrected chi connectivity index (χ0v) is 17.3. The fourth-order valence-electron chi connectivity index (χ4n) is 2.27. The van der Waals surface area contributed by atoms with Crippen LogP contribution in [0.1, 0.15) is 24.2 Å². The number of ether oxygens (including phenoxy) is 1. The van der Waals surface area contributed by atoms with Crippen molar-refractivity contribution in [1.29, 1.82) is 0 Å². The molecule has 0 saturated heterocycles. The number of anilines is 1. The lowest BCUT2D eigenvalue weighted by molar-refractivity contribution is -0.127. The number of hydrogen-bond acceptors (Lipinski definition) is 6. The molecule has 2 rings (SSSR count). The van der Waals surface area contributed by atoms with E-state index in [-0.39, 0.29) is 11.3 Å². The van der Waals surface area contributed by atoms with E-state index < -0.39 is 50.6 Å². The number of carbonyl (C=O) groups excluding carboxylic acids is 3. The topological polar surface area (TPSA) is 131 Å². The summed E-state index contributed by atoms with van der Waals surface area (Å²) < 4.78 is 58.2. The summed E-state index contributed by atoms with van der Waals surface area (Å²) in [6.45, 7) is 3.20. The number of sulfonamides is 1. The summed E-state index contributed by atoms with van der Waals surface area (Å²) in [4.78, 5) is 35.0. The maximum Gasteiger partial charge on any atom is 0.338 e. The number of hydrogen-bond donors (Lipinski definition) is 3. The molecule has 0 saturated carbocycles. The van der Waals surface area contributed by atoms with E-state index in [2.05, 4.69) is 10.0 Å². The monoisotopic (exact) mass is 455 g/mol. The molecule has 0 bridgehead atoms. The van der Waals surface area contributed by atoms with Crippen molar-refractivity contribution in [1.82, 2.24) is 10.6 Å². The number of carbonyl (C=O) groups is 3. The van der Waals surface area contributed by atoms with E-state index in [0.717, 1.165) is 12.1 Å². The van der Waals surface area contributed by atoms with Crippen LogP contribution in [0.25, 0.3) is 0 Å². The standard InChI is InChI=1S/C19H19F2N3O6S/c1-3-22-19(27)23-17(25)11(2)30-18(26)12-5-4-6-13(9-12)24-31(28,29)14-7-8-15(20)16(21)10-14/h4-11,24H,3H2,1-2H3,(H2,22,23,25,27). The summed E-state index contributed by atoms with van der Waals surface area (Å²) >= 11 is 0. The highest BCUT2D eigenvalue weighted by atomic mass is 32.2. The van der Waals surface area contributed by atoms with Crippen LogP contribution in [0.2, 0.25) is 0 Å². The minimum atomic E-state index is -4.27. The molecule has 31 heavy (non-hydrogen) atoms. The molecule has 12 heteroatoms. The SMILES string of the molecule is CCNC(=O)NC(=O)C(C)OC(=O)c1cccc(NS(=O)(=O)c2ccc(F)c(F)c2)c1. The van der Waals surface area contributed by atoms with Crippen molar-refractivity contribution in [2.45, 2.75) is 24.8 Å². The van der Waals surface area contributed by atoms with Crippen LogP contribution in [0.5, 0.6) is 0 Å². The van der Waals surface area contributed by atoms with Gasteiger partial charge in [-0.2, -0.15) is 0 Å². The number of benzene rings is 2. The summed E-state index contributed by atoms with van der Waals surface area (Å²) in [5, 5.41) is 4.34. The molecule has 1 atom stereocenters. The number of rotatable bonds is 7. The van der Waals surface area contributed by atoms with Crippen molar-refractivity contribution < 1.29 is 36.3 Å². The van der Waals surface area contributed by atoms with Gasteiger partial charge in [0.1, 0.15) is 0 Å². The highest BCUT2D eigenvalue weighted by molar-refractivity contribution is 7.92. The average molecular weight is 455 g/mol. The van der Waals surface area contributed by atoms with Gasteiger partial charge in [0.2, 0.25) is 0 Å². The number of nitrogens with one attached hydrogen (secondary N) is 3. The Kier molecular flexibility index (Phi) is 7.64. The van der Waals surface area contributed by atoms with Gasteiger partial charge in [-0.05, 0) is 50.2 Å². The van der Waals surface area contributed by atoms with E-state index in [1.54, 1.807) is 6.92 Å². The molecule has 3 amide bonds. The molecule has 1 unspecified atom stereocenters. The van der Waals surface area contributed by atoms with Crippen molar-refractivity contribution >= 4 is 33.6 Å². The van der Waals surface area contributed by atoms with Gasteiger partial charge in [-0.3, -0.25) is 14.8 Å². The summed E-state index contributed by atoms with van der Waals surface area (Å²) in [6, 6.07) is 6.44. The highest BCUT2D eigenvalue weighted by Gasteiger charge is 2.22. The molecule has 0 radical (unpaired) electrons. The van der Waals surface area contributed by atoms with Gasteiger partial charge in [0.05, 0.1) is 10.5 Å². The Morgan fingerprint density at radius 2 is 1.77 bits per heavy atom. The first-order valence-electron chi connectivity index (χ1n) is 8.91. The third kappa shape index (κ3) is 6.47. The van der Waals surface area contributed by atoms with Gasteiger partial charge >= 0.3 is 12.0 Å². The fourth-order valence-corrected chi connectivity index (χ4v) is 3.33. The maximum atomic E-state index is 13.3.